The predicted octanol–water partition coefficient (Wildman–Crippen LogP) is 2.74. The van der Waals surface area contributed by atoms with Crippen LogP contribution in [0.1, 0.15) is 46.8 Å². The Kier molecular flexibility index (Phi) is 7.66. The van der Waals surface area contributed by atoms with Gasteiger partial charge in [-0.3, -0.25) is 9.59 Å². The fraction of sp³-hybridized carbons (Fsp3) is 0.259. The smallest absolute Gasteiger partial charge is 0.326 e. The Morgan fingerprint density at radius 2 is 1.68 bits per heavy atom. The molecule has 2 heterocycles. The van der Waals surface area contributed by atoms with E-state index in [-0.39, 0.29) is 18.8 Å². The van der Waals surface area contributed by atoms with Crippen molar-refractivity contribution in [3.8, 4) is 0 Å². The van der Waals surface area contributed by atoms with Crippen molar-refractivity contribution in [2.24, 2.45) is 0 Å². The van der Waals surface area contributed by atoms with Gasteiger partial charge < -0.3 is 27.0 Å². The van der Waals surface area contributed by atoms with E-state index in [1.165, 1.54) is 0 Å². The van der Waals surface area contributed by atoms with Gasteiger partial charge in [0.2, 0.25) is 5.95 Å². The van der Waals surface area contributed by atoms with Crippen molar-refractivity contribution in [3.05, 3.63) is 64.8 Å². The Hall–Kier alpha value is -4.80. The van der Waals surface area contributed by atoms with Crippen LogP contribution >= 0.6 is 0 Å². The van der Waals surface area contributed by atoms with E-state index in [4.69, 9.17) is 16.6 Å². The number of carboxylic acids is 2. The summed E-state index contributed by atoms with van der Waals surface area (Å²) < 4.78 is 0. The first-order chi connectivity index (χ1) is 18.2. The third-order valence-electron chi connectivity index (χ3n) is 6.49. The van der Waals surface area contributed by atoms with Gasteiger partial charge in [0.05, 0.1) is 5.39 Å². The van der Waals surface area contributed by atoms with E-state index in [2.05, 4.69) is 20.3 Å². The number of fused-ring (bicyclic) bond motifs is 2. The lowest BCUT2D eigenvalue weighted by Crippen LogP contribution is -2.41. The quantitative estimate of drug-likeness (QED) is 0.209. The molecule has 4 aromatic rings. The van der Waals surface area contributed by atoms with Crippen molar-refractivity contribution in [2.75, 3.05) is 11.5 Å². The molecule has 11 heteroatoms. The number of aliphatic carboxylic acids is 2. The van der Waals surface area contributed by atoms with Crippen LogP contribution in [0.3, 0.4) is 0 Å². The van der Waals surface area contributed by atoms with Crippen molar-refractivity contribution in [2.45, 2.75) is 45.1 Å². The molecule has 0 aliphatic rings. The summed E-state index contributed by atoms with van der Waals surface area (Å²) in [5.41, 5.74) is 15.7. The molecule has 0 saturated carbocycles. The molecule has 1 amide bonds. The van der Waals surface area contributed by atoms with Gasteiger partial charge >= 0.3 is 11.9 Å². The third kappa shape index (κ3) is 5.46. The summed E-state index contributed by atoms with van der Waals surface area (Å²) in [6.45, 7) is 2.03. The fourth-order valence-corrected chi connectivity index (χ4v) is 4.67. The number of carboxylic acid groups (broad SMARTS) is 2. The van der Waals surface area contributed by atoms with Crippen LogP contribution in [-0.2, 0) is 28.9 Å². The van der Waals surface area contributed by atoms with Gasteiger partial charge in [-0.1, -0.05) is 37.3 Å². The summed E-state index contributed by atoms with van der Waals surface area (Å²) in [6.07, 6.45) is 3.20. The number of amides is 1. The minimum absolute atomic E-state index is 0.0736. The summed E-state index contributed by atoms with van der Waals surface area (Å²) in [4.78, 5) is 48.2. The van der Waals surface area contributed by atoms with Crippen molar-refractivity contribution >= 4 is 51.4 Å². The molecule has 0 radical (unpaired) electrons. The zero-order valence-electron chi connectivity index (χ0n) is 20.8. The summed E-state index contributed by atoms with van der Waals surface area (Å²) in [5, 5.41) is 23.0. The van der Waals surface area contributed by atoms with Gasteiger partial charge in [-0.25, -0.2) is 9.78 Å². The van der Waals surface area contributed by atoms with Gasteiger partial charge in [0.1, 0.15) is 11.9 Å². The van der Waals surface area contributed by atoms with Crippen LogP contribution in [0.25, 0.3) is 21.8 Å². The Bertz CT molecular complexity index is 1550. The van der Waals surface area contributed by atoms with Gasteiger partial charge in [0.25, 0.3) is 5.91 Å². The summed E-state index contributed by atoms with van der Waals surface area (Å²) >= 11 is 0. The number of nitrogen functional groups attached to an aromatic ring is 2. The Labute approximate surface area is 217 Å². The third-order valence-corrected chi connectivity index (χ3v) is 6.49. The summed E-state index contributed by atoms with van der Waals surface area (Å²) in [6, 6.07) is 9.60. The van der Waals surface area contributed by atoms with Crippen LogP contribution < -0.4 is 16.8 Å². The highest BCUT2D eigenvalue weighted by atomic mass is 16.4. The zero-order valence-corrected chi connectivity index (χ0v) is 20.8. The van der Waals surface area contributed by atoms with Crippen LogP contribution in [-0.4, -0.2) is 49.1 Å². The lowest BCUT2D eigenvalue weighted by atomic mass is 9.93. The molecule has 2 aromatic carbocycles. The van der Waals surface area contributed by atoms with Crippen LogP contribution in [0.5, 0.6) is 0 Å². The number of carbonyl (C=O) groups is 3. The molecule has 1 atom stereocenters. The lowest BCUT2D eigenvalue weighted by Gasteiger charge is -2.16. The highest BCUT2D eigenvalue weighted by Gasteiger charge is 2.23. The topological polar surface area (TPSA) is 194 Å². The number of nitrogens with one attached hydrogen (secondary N) is 1. The Morgan fingerprint density at radius 3 is 2.37 bits per heavy atom. The standard InChI is InChI=1S/C27H28N6O5/c1-2-16-15(13-30-24-22(16)23(28)32-27(29)33-24)8-7-14-9-10-19(18-6-4-3-5-17(14)18)25(36)31-20(26(37)38)11-12-21(34)35/h3-6,9-10,13,20H,2,7-8,11-12H2,1H3,(H,31,36)(H,34,35)(H,37,38)(H4,28,29,30,32,33)/t20-/m0/s1. The van der Waals surface area contributed by atoms with Crippen LogP contribution in [0.2, 0.25) is 0 Å². The molecule has 0 aliphatic carbocycles. The molecule has 38 heavy (non-hydrogen) atoms. The lowest BCUT2D eigenvalue weighted by molar-refractivity contribution is -0.140. The number of benzene rings is 2. The first-order valence-electron chi connectivity index (χ1n) is 12.1. The number of aryl methyl sites for hydroxylation is 3. The second-order valence-corrected chi connectivity index (χ2v) is 8.90. The van der Waals surface area contributed by atoms with Crippen LogP contribution in [0.15, 0.2) is 42.6 Å². The van der Waals surface area contributed by atoms with Crippen molar-refractivity contribution < 1.29 is 24.6 Å². The first kappa shape index (κ1) is 26.3. The Morgan fingerprint density at radius 1 is 0.974 bits per heavy atom. The zero-order chi connectivity index (χ0) is 27.4. The number of aromatic nitrogens is 3. The maximum absolute atomic E-state index is 13.0. The normalized spacial score (nSPS) is 11.9. The average molecular weight is 517 g/mol. The monoisotopic (exact) mass is 516 g/mol. The van der Waals surface area contributed by atoms with Gasteiger partial charge in [-0.15, -0.1) is 0 Å². The molecule has 0 spiro atoms. The second kappa shape index (κ2) is 11.1. The second-order valence-electron chi connectivity index (χ2n) is 8.90. The minimum atomic E-state index is -1.31. The average Bonchev–Trinajstić information content (AvgIpc) is 2.88. The maximum Gasteiger partial charge on any atom is 0.326 e. The predicted molar refractivity (Wildman–Crippen MR) is 143 cm³/mol. The Balaban J connectivity index is 1.62. The number of anilines is 2. The fourth-order valence-electron chi connectivity index (χ4n) is 4.67. The van der Waals surface area contributed by atoms with E-state index < -0.39 is 23.9 Å². The van der Waals surface area contributed by atoms with Crippen LogP contribution in [0, 0.1) is 0 Å². The summed E-state index contributed by atoms with van der Waals surface area (Å²) in [5.74, 6) is -2.63. The van der Waals surface area contributed by atoms with E-state index in [0.29, 0.717) is 47.1 Å². The van der Waals surface area contributed by atoms with E-state index in [9.17, 15) is 19.5 Å². The largest absolute Gasteiger partial charge is 0.481 e. The van der Waals surface area contributed by atoms with E-state index >= 15 is 0 Å². The van der Waals surface area contributed by atoms with E-state index in [1.54, 1.807) is 24.4 Å². The highest BCUT2D eigenvalue weighted by Crippen LogP contribution is 2.28. The molecule has 196 valence electrons. The van der Waals surface area contributed by atoms with Gasteiger partial charge in [-0.05, 0) is 59.2 Å². The number of carbonyl (C=O) groups excluding carboxylic acids is 1. The SMILES string of the molecule is CCc1c(CCc2ccc(C(=O)N[C@@H](CCC(=O)O)C(=O)O)c3ccccc23)cnc2nc(N)nc(N)c12. The van der Waals surface area contributed by atoms with E-state index in [0.717, 1.165) is 22.1 Å². The van der Waals surface area contributed by atoms with Gasteiger partial charge in [0.15, 0.2) is 5.65 Å². The van der Waals surface area contributed by atoms with Crippen molar-refractivity contribution in [3.63, 3.8) is 0 Å². The highest BCUT2D eigenvalue weighted by molar-refractivity contribution is 6.08. The maximum atomic E-state index is 13.0. The number of pyridine rings is 1. The molecule has 0 bridgehead atoms. The number of rotatable bonds is 10. The van der Waals surface area contributed by atoms with Gasteiger partial charge in [0, 0.05) is 18.2 Å². The molecule has 4 rings (SSSR count). The number of hydrogen-bond acceptors (Lipinski definition) is 8. The van der Waals surface area contributed by atoms with Crippen LogP contribution in [0.4, 0.5) is 11.8 Å². The van der Waals surface area contributed by atoms with Crippen molar-refractivity contribution in [1.82, 2.24) is 20.3 Å². The first-order valence-corrected chi connectivity index (χ1v) is 12.1. The number of nitrogens with zero attached hydrogens (tertiary/aromatic N) is 3. The summed E-state index contributed by atoms with van der Waals surface area (Å²) in [7, 11) is 0. The molecule has 2 aromatic heterocycles. The number of hydrogen-bond donors (Lipinski definition) is 5. The van der Waals surface area contributed by atoms with E-state index in [1.807, 2.05) is 25.1 Å². The molecule has 7 N–H and O–H groups in total. The van der Waals surface area contributed by atoms with Crippen molar-refractivity contribution in [1.29, 1.82) is 0 Å². The number of nitrogens with two attached hydrogens (primary N) is 2. The minimum Gasteiger partial charge on any atom is -0.481 e. The molecule has 11 nitrogen and oxygen atoms in total. The molecule has 0 fully saturated rings. The molecule has 0 aliphatic heterocycles. The molecule has 0 saturated heterocycles. The van der Waals surface area contributed by atoms with Gasteiger partial charge in [-0.2, -0.15) is 9.97 Å². The molecular weight excluding hydrogens is 488 g/mol. The molecule has 0 unspecified atom stereocenters. The molecular formula is C27H28N6O5.